The number of rotatable bonds is 2. The highest BCUT2D eigenvalue weighted by Crippen LogP contribution is 2.47. The number of H-pyrrole nitrogens is 1. The second-order valence-electron chi connectivity index (χ2n) is 6.13. The Morgan fingerprint density at radius 2 is 1.92 bits per heavy atom. The van der Waals surface area contributed by atoms with Gasteiger partial charge < -0.3 is 10.5 Å². The Morgan fingerprint density at radius 3 is 2.62 bits per heavy atom. The molecule has 2 aromatic carbocycles. The first-order chi connectivity index (χ1) is 12.6. The topological polar surface area (TPSA) is 87.7 Å². The number of aromatic nitrogens is 2. The van der Waals surface area contributed by atoms with Crippen molar-refractivity contribution < 1.29 is 4.74 Å². The number of hydrogen-bond donors (Lipinski definition) is 2. The van der Waals surface area contributed by atoms with Gasteiger partial charge in [-0.2, -0.15) is 5.26 Å². The van der Waals surface area contributed by atoms with E-state index in [0.717, 1.165) is 26.9 Å². The van der Waals surface area contributed by atoms with Gasteiger partial charge in [0.2, 0.25) is 11.8 Å². The monoisotopic (exact) mass is 406 g/mol. The molecule has 1 aliphatic rings. The zero-order valence-electron chi connectivity index (χ0n) is 14.0. The van der Waals surface area contributed by atoms with Crippen LogP contribution in [0.1, 0.15) is 22.6 Å². The highest BCUT2D eigenvalue weighted by molar-refractivity contribution is 9.10. The van der Waals surface area contributed by atoms with Crippen LogP contribution in [0.5, 0.6) is 5.88 Å². The van der Waals surface area contributed by atoms with Crippen molar-refractivity contribution in [3.05, 3.63) is 81.2 Å². The van der Waals surface area contributed by atoms with E-state index in [1.807, 2.05) is 55.5 Å². The number of aryl methyl sites for hydroxylation is 1. The summed E-state index contributed by atoms with van der Waals surface area (Å²) >= 11 is 3.59. The molecule has 3 aromatic rings. The Bertz CT molecular complexity index is 1060. The number of ether oxygens (including phenoxy) is 1. The summed E-state index contributed by atoms with van der Waals surface area (Å²) in [6.45, 7) is 2.04. The SMILES string of the molecule is Cc1ccc(-c2[nH]nc3c2C(c2ccccc2Br)C(C#N)=C(N)O3)cc1. The molecule has 0 radical (unpaired) electrons. The third-order valence-electron chi connectivity index (χ3n) is 4.50. The van der Waals surface area contributed by atoms with Crippen molar-refractivity contribution in [2.75, 3.05) is 0 Å². The Balaban J connectivity index is 1.97. The van der Waals surface area contributed by atoms with Crippen LogP contribution in [-0.4, -0.2) is 10.2 Å². The van der Waals surface area contributed by atoms with Crippen molar-refractivity contribution in [3.63, 3.8) is 0 Å². The predicted octanol–water partition coefficient (Wildman–Crippen LogP) is 4.37. The summed E-state index contributed by atoms with van der Waals surface area (Å²) in [6, 6.07) is 18.1. The van der Waals surface area contributed by atoms with Gasteiger partial charge >= 0.3 is 0 Å². The van der Waals surface area contributed by atoms with Crippen LogP contribution in [0.25, 0.3) is 11.3 Å². The molecule has 0 spiro atoms. The molecule has 1 unspecified atom stereocenters. The third-order valence-corrected chi connectivity index (χ3v) is 5.22. The van der Waals surface area contributed by atoms with Gasteiger partial charge in [0, 0.05) is 10.0 Å². The van der Waals surface area contributed by atoms with Crippen LogP contribution >= 0.6 is 15.9 Å². The van der Waals surface area contributed by atoms with Gasteiger partial charge in [-0.25, -0.2) is 0 Å². The van der Waals surface area contributed by atoms with Gasteiger partial charge in [-0.05, 0) is 18.6 Å². The fourth-order valence-electron chi connectivity index (χ4n) is 3.21. The van der Waals surface area contributed by atoms with Gasteiger partial charge in [0.25, 0.3) is 0 Å². The van der Waals surface area contributed by atoms with Crippen LogP contribution in [0.3, 0.4) is 0 Å². The molecule has 26 heavy (non-hydrogen) atoms. The van der Waals surface area contributed by atoms with E-state index in [1.54, 1.807) is 0 Å². The maximum atomic E-state index is 9.73. The normalized spacial score (nSPS) is 16.0. The summed E-state index contributed by atoms with van der Waals surface area (Å²) in [5.74, 6) is 0.120. The van der Waals surface area contributed by atoms with Crippen LogP contribution in [-0.2, 0) is 0 Å². The van der Waals surface area contributed by atoms with Crippen molar-refractivity contribution in [2.24, 2.45) is 5.73 Å². The molecule has 128 valence electrons. The average molecular weight is 407 g/mol. The lowest BCUT2D eigenvalue weighted by Gasteiger charge is -2.24. The van der Waals surface area contributed by atoms with E-state index >= 15 is 0 Å². The molecule has 1 aliphatic heterocycles. The second kappa shape index (κ2) is 6.36. The van der Waals surface area contributed by atoms with Gasteiger partial charge in [-0.15, -0.1) is 5.10 Å². The summed E-state index contributed by atoms with van der Waals surface area (Å²) in [6.07, 6.45) is 0. The minimum atomic E-state index is -0.366. The van der Waals surface area contributed by atoms with Crippen LogP contribution in [0.15, 0.2) is 64.5 Å². The zero-order chi connectivity index (χ0) is 18.3. The minimum absolute atomic E-state index is 0.0858. The number of allylic oxidation sites excluding steroid dienone is 1. The summed E-state index contributed by atoms with van der Waals surface area (Å²) in [4.78, 5) is 0. The highest BCUT2D eigenvalue weighted by Gasteiger charge is 2.36. The van der Waals surface area contributed by atoms with E-state index in [4.69, 9.17) is 10.5 Å². The first-order valence-electron chi connectivity index (χ1n) is 8.07. The summed E-state index contributed by atoms with van der Waals surface area (Å²) < 4.78 is 6.53. The van der Waals surface area contributed by atoms with Crippen molar-refractivity contribution in [1.82, 2.24) is 10.2 Å². The van der Waals surface area contributed by atoms with Crippen molar-refractivity contribution in [2.45, 2.75) is 12.8 Å². The van der Waals surface area contributed by atoms with Crippen LogP contribution in [0.2, 0.25) is 0 Å². The van der Waals surface area contributed by atoms with Gasteiger partial charge in [0.1, 0.15) is 11.6 Å². The standard InChI is InChI=1S/C20H15BrN4O/c1-11-6-8-12(9-7-11)18-17-16(13-4-2-3-5-15(13)21)14(10-22)19(23)26-20(17)25-24-18/h2-9,16H,23H2,1H3,(H,24,25). The van der Waals surface area contributed by atoms with E-state index in [9.17, 15) is 5.26 Å². The third kappa shape index (κ3) is 2.57. The lowest BCUT2D eigenvalue weighted by atomic mass is 9.83. The first-order valence-corrected chi connectivity index (χ1v) is 8.86. The predicted molar refractivity (Wildman–Crippen MR) is 102 cm³/mol. The number of halogens is 1. The molecule has 1 aromatic heterocycles. The number of hydrogen-bond acceptors (Lipinski definition) is 4. The largest absolute Gasteiger partial charge is 0.420 e. The van der Waals surface area contributed by atoms with Crippen LogP contribution in [0, 0.1) is 18.3 Å². The molecule has 2 heterocycles. The minimum Gasteiger partial charge on any atom is -0.420 e. The number of nitrogens with one attached hydrogen (secondary N) is 1. The Kier molecular flexibility index (Phi) is 4.02. The number of aromatic amines is 1. The molecule has 4 rings (SSSR count). The Hall–Kier alpha value is -3.04. The van der Waals surface area contributed by atoms with Crippen LogP contribution < -0.4 is 10.5 Å². The molecule has 0 saturated carbocycles. The number of benzene rings is 2. The fraction of sp³-hybridized carbons (Fsp3) is 0.100. The van der Waals surface area contributed by atoms with E-state index in [-0.39, 0.29) is 11.8 Å². The fourth-order valence-corrected chi connectivity index (χ4v) is 3.72. The van der Waals surface area contributed by atoms with E-state index in [1.165, 1.54) is 5.56 Å². The number of nitrogens with two attached hydrogens (primary N) is 1. The van der Waals surface area contributed by atoms with Gasteiger partial charge in [-0.3, -0.25) is 5.10 Å². The van der Waals surface area contributed by atoms with Crippen molar-refractivity contribution in [3.8, 4) is 23.2 Å². The maximum absolute atomic E-state index is 9.73. The Morgan fingerprint density at radius 1 is 1.19 bits per heavy atom. The van der Waals surface area contributed by atoms with E-state index < -0.39 is 0 Å². The summed E-state index contributed by atoms with van der Waals surface area (Å²) in [7, 11) is 0. The molecule has 5 nitrogen and oxygen atoms in total. The summed E-state index contributed by atoms with van der Waals surface area (Å²) in [5.41, 5.74) is 11.1. The van der Waals surface area contributed by atoms with Gasteiger partial charge in [-0.1, -0.05) is 64.0 Å². The van der Waals surface area contributed by atoms with Gasteiger partial charge in [0.15, 0.2) is 0 Å². The molecule has 0 amide bonds. The molecule has 1 atom stereocenters. The molecular formula is C20H15BrN4O. The molecular weight excluding hydrogens is 392 g/mol. The summed E-state index contributed by atoms with van der Waals surface area (Å²) in [5, 5.41) is 17.1. The molecule has 0 bridgehead atoms. The maximum Gasteiger partial charge on any atom is 0.244 e. The molecule has 0 saturated heterocycles. The quantitative estimate of drug-likeness (QED) is 0.661. The van der Waals surface area contributed by atoms with E-state index in [2.05, 4.69) is 32.2 Å². The van der Waals surface area contributed by atoms with Crippen molar-refractivity contribution >= 4 is 15.9 Å². The van der Waals surface area contributed by atoms with E-state index in [0.29, 0.717) is 11.5 Å². The second-order valence-corrected chi connectivity index (χ2v) is 6.98. The number of fused-ring (bicyclic) bond motifs is 1. The smallest absolute Gasteiger partial charge is 0.244 e. The lowest BCUT2D eigenvalue weighted by Crippen LogP contribution is -2.21. The molecule has 0 aliphatic carbocycles. The number of nitriles is 1. The first kappa shape index (κ1) is 16.4. The lowest BCUT2D eigenvalue weighted by molar-refractivity contribution is 0.379. The van der Waals surface area contributed by atoms with Gasteiger partial charge in [0.05, 0.1) is 17.2 Å². The zero-order valence-corrected chi connectivity index (χ0v) is 15.5. The van der Waals surface area contributed by atoms with Crippen LogP contribution in [0.4, 0.5) is 0 Å². The molecule has 0 fully saturated rings. The molecule has 3 N–H and O–H groups in total. The highest BCUT2D eigenvalue weighted by atomic mass is 79.9. The molecule has 6 heteroatoms. The van der Waals surface area contributed by atoms with Crippen molar-refractivity contribution in [1.29, 1.82) is 5.26 Å². The average Bonchev–Trinajstić information content (AvgIpc) is 3.05. The number of nitrogens with zero attached hydrogens (tertiary/aromatic N) is 2. The Labute approximate surface area is 159 Å².